The topological polar surface area (TPSA) is 52.3 Å². The van der Waals surface area contributed by atoms with E-state index in [1.54, 1.807) is 26.0 Å². The Balaban J connectivity index is 2.64. The molecule has 3 nitrogen and oxygen atoms in total. The molecule has 1 aromatic carbocycles. The second-order valence-corrected chi connectivity index (χ2v) is 5.99. The number of carbonyl (C=O) groups excluding carboxylic acids is 1. The highest BCUT2D eigenvalue weighted by atomic mass is 35.5. The quantitative estimate of drug-likeness (QED) is 0.855. The van der Waals surface area contributed by atoms with Gasteiger partial charge in [0.15, 0.2) is 0 Å². The first kappa shape index (κ1) is 15.0. The molecule has 1 rings (SSSR count). The smallest absolute Gasteiger partial charge is 0.313 e. The normalized spacial score (nSPS) is 12.3. The van der Waals surface area contributed by atoms with Crippen LogP contribution >= 0.6 is 11.6 Å². The van der Waals surface area contributed by atoms with Gasteiger partial charge in [0.25, 0.3) is 0 Å². The fourth-order valence-electron chi connectivity index (χ4n) is 1.17. The molecule has 4 heteroatoms. The molecule has 0 heterocycles. The van der Waals surface area contributed by atoms with Crippen LogP contribution in [0.5, 0.6) is 0 Å². The van der Waals surface area contributed by atoms with Gasteiger partial charge in [-0.2, -0.15) is 0 Å². The molecule has 100 valence electrons. The predicted octanol–water partition coefficient (Wildman–Crippen LogP) is 3.15. The summed E-state index contributed by atoms with van der Waals surface area (Å²) in [5.74, 6) is -0.301. The molecular weight excluding hydrogens is 250 g/mol. The number of carbonyl (C=O) groups is 1. The number of rotatable bonds is 4. The van der Waals surface area contributed by atoms with E-state index in [0.717, 1.165) is 5.56 Å². The standard InChI is InChI=1S/C14H20ClNO2/c1-13(2,14(3,4)16)12(17)18-9-10-5-7-11(15)8-6-10/h5-8H,9,16H2,1-4H3. The maximum Gasteiger partial charge on any atom is 0.313 e. The summed E-state index contributed by atoms with van der Waals surface area (Å²) in [5, 5.41) is 0.661. The van der Waals surface area contributed by atoms with E-state index in [-0.39, 0.29) is 12.6 Å². The molecule has 0 saturated heterocycles. The van der Waals surface area contributed by atoms with Gasteiger partial charge in [-0.15, -0.1) is 0 Å². The highest BCUT2D eigenvalue weighted by molar-refractivity contribution is 6.30. The summed E-state index contributed by atoms with van der Waals surface area (Å²) in [6.07, 6.45) is 0. The Hall–Kier alpha value is -1.06. The minimum atomic E-state index is -0.737. The molecule has 0 aliphatic carbocycles. The summed E-state index contributed by atoms with van der Waals surface area (Å²) >= 11 is 5.78. The van der Waals surface area contributed by atoms with E-state index >= 15 is 0 Å². The van der Waals surface area contributed by atoms with E-state index in [1.807, 2.05) is 26.0 Å². The van der Waals surface area contributed by atoms with Crippen molar-refractivity contribution in [1.82, 2.24) is 0 Å². The highest BCUT2D eigenvalue weighted by Crippen LogP contribution is 2.30. The molecule has 0 aliphatic heterocycles. The van der Waals surface area contributed by atoms with E-state index in [4.69, 9.17) is 22.1 Å². The van der Waals surface area contributed by atoms with Gasteiger partial charge in [-0.05, 0) is 45.4 Å². The van der Waals surface area contributed by atoms with E-state index < -0.39 is 11.0 Å². The Labute approximate surface area is 113 Å². The van der Waals surface area contributed by atoms with E-state index in [2.05, 4.69) is 0 Å². The molecule has 0 atom stereocenters. The number of nitrogens with two attached hydrogens (primary N) is 1. The number of hydrogen-bond donors (Lipinski definition) is 1. The lowest BCUT2D eigenvalue weighted by atomic mass is 9.75. The van der Waals surface area contributed by atoms with Gasteiger partial charge in [-0.1, -0.05) is 23.7 Å². The molecule has 0 saturated carbocycles. The zero-order valence-corrected chi connectivity index (χ0v) is 12.0. The van der Waals surface area contributed by atoms with Crippen molar-refractivity contribution in [3.63, 3.8) is 0 Å². The van der Waals surface area contributed by atoms with Crippen LogP contribution in [-0.2, 0) is 16.1 Å². The largest absolute Gasteiger partial charge is 0.460 e. The van der Waals surface area contributed by atoms with Crippen molar-refractivity contribution in [2.24, 2.45) is 11.1 Å². The molecule has 0 fully saturated rings. The van der Waals surface area contributed by atoms with Gasteiger partial charge >= 0.3 is 5.97 Å². The number of benzene rings is 1. The zero-order chi connectivity index (χ0) is 14.0. The molecule has 2 N–H and O–H groups in total. The highest BCUT2D eigenvalue weighted by Gasteiger charge is 2.41. The second kappa shape index (κ2) is 5.29. The first-order chi connectivity index (χ1) is 8.14. The molecule has 1 aromatic rings. The minimum absolute atomic E-state index is 0.232. The van der Waals surface area contributed by atoms with Gasteiger partial charge in [0.2, 0.25) is 0 Å². The number of esters is 1. The van der Waals surface area contributed by atoms with Crippen molar-refractivity contribution < 1.29 is 9.53 Å². The summed E-state index contributed by atoms with van der Waals surface area (Å²) < 4.78 is 5.30. The molecule has 18 heavy (non-hydrogen) atoms. The number of halogens is 1. The third kappa shape index (κ3) is 3.47. The molecule has 0 spiro atoms. The molecule has 0 bridgehead atoms. The SMILES string of the molecule is CC(C)(N)C(C)(C)C(=O)OCc1ccc(Cl)cc1. The average molecular weight is 270 g/mol. The van der Waals surface area contributed by atoms with Crippen LogP contribution in [0.1, 0.15) is 33.3 Å². The van der Waals surface area contributed by atoms with Gasteiger partial charge in [-0.25, -0.2) is 0 Å². The van der Waals surface area contributed by atoms with Crippen LogP contribution in [0.4, 0.5) is 0 Å². The first-order valence-electron chi connectivity index (χ1n) is 5.85. The van der Waals surface area contributed by atoms with Crippen molar-refractivity contribution in [3.8, 4) is 0 Å². The fourth-order valence-corrected chi connectivity index (χ4v) is 1.30. The number of ether oxygens (including phenoxy) is 1. The van der Waals surface area contributed by atoms with Crippen LogP contribution in [0.25, 0.3) is 0 Å². The average Bonchev–Trinajstić information content (AvgIpc) is 2.26. The maximum absolute atomic E-state index is 12.0. The Morgan fingerprint density at radius 1 is 1.22 bits per heavy atom. The van der Waals surface area contributed by atoms with E-state index in [9.17, 15) is 4.79 Å². The number of hydrogen-bond acceptors (Lipinski definition) is 3. The Kier molecular flexibility index (Phi) is 4.41. The van der Waals surface area contributed by atoms with Crippen molar-refractivity contribution in [2.45, 2.75) is 39.8 Å². The van der Waals surface area contributed by atoms with Crippen LogP contribution in [0, 0.1) is 5.41 Å². The Morgan fingerprint density at radius 2 is 1.72 bits per heavy atom. The summed E-state index contributed by atoms with van der Waals surface area (Å²) in [5.41, 5.74) is 5.51. The molecular formula is C14H20ClNO2. The fraction of sp³-hybridized carbons (Fsp3) is 0.500. The molecule has 0 aliphatic rings. The van der Waals surface area contributed by atoms with Crippen molar-refractivity contribution in [3.05, 3.63) is 34.9 Å². The van der Waals surface area contributed by atoms with Gasteiger partial charge in [0, 0.05) is 10.6 Å². The lowest BCUT2D eigenvalue weighted by Crippen LogP contribution is -2.52. The zero-order valence-electron chi connectivity index (χ0n) is 11.3. The van der Waals surface area contributed by atoms with Crippen LogP contribution < -0.4 is 5.73 Å². The van der Waals surface area contributed by atoms with E-state index in [1.165, 1.54) is 0 Å². The Bertz CT molecular complexity index is 418. The van der Waals surface area contributed by atoms with Gasteiger partial charge in [0.05, 0.1) is 5.41 Å². The van der Waals surface area contributed by atoms with Crippen molar-refractivity contribution in [2.75, 3.05) is 0 Å². The van der Waals surface area contributed by atoms with Crippen LogP contribution in [0.15, 0.2) is 24.3 Å². The lowest BCUT2D eigenvalue weighted by Gasteiger charge is -2.35. The molecule has 0 amide bonds. The van der Waals surface area contributed by atoms with E-state index in [0.29, 0.717) is 5.02 Å². The van der Waals surface area contributed by atoms with Crippen LogP contribution in [-0.4, -0.2) is 11.5 Å². The van der Waals surface area contributed by atoms with Crippen molar-refractivity contribution in [1.29, 1.82) is 0 Å². The Morgan fingerprint density at radius 3 is 2.17 bits per heavy atom. The van der Waals surface area contributed by atoms with Crippen molar-refractivity contribution >= 4 is 17.6 Å². The third-order valence-corrected chi connectivity index (χ3v) is 3.66. The van der Waals surface area contributed by atoms with Crippen LogP contribution in [0.2, 0.25) is 5.02 Å². The van der Waals surface area contributed by atoms with Crippen LogP contribution in [0.3, 0.4) is 0 Å². The summed E-state index contributed by atoms with van der Waals surface area (Å²) in [7, 11) is 0. The lowest BCUT2D eigenvalue weighted by molar-refractivity contribution is -0.158. The van der Waals surface area contributed by atoms with Gasteiger partial charge < -0.3 is 10.5 Å². The molecule has 0 unspecified atom stereocenters. The maximum atomic E-state index is 12.0. The molecule has 0 aromatic heterocycles. The summed E-state index contributed by atoms with van der Waals surface area (Å²) in [6.45, 7) is 7.44. The second-order valence-electron chi connectivity index (χ2n) is 5.55. The summed E-state index contributed by atoms with van der Waals surface area (Å²) in [4.78, 5) is 12.0. The predicted molar refractivity (Wildman–Crippen MR) is 73.3 cm³/mol. The van der Waals surface area contributed by atoms with Gasteiger partial charge in [0.1, 0.15) is 6.61 Å². The molecule has 0 radical (unpaired) electrons. The minimum Gasteiger partial charge on any atom is -0.460 e. The monoisotopic (exact) mass is 269 g/mol. The first-order valence-corrected chi connectivity index (χ1v) is 6.23. The van der Waals surface area contributed by atoms with Gasteiger partial charge in [-0.3, -0.25) is 4.79 Å². The third-order valence-electron chi connectivity index (χ3n) is 3.40. The summed E-state index contributed by atoms with van der Waals surface area (Å²) in [6, 6.07) is 7.19.